The molecule has 0 unspecified atom stereocenters. The van der Waals surface area contributed by atoms with Gasteiger partial charge in [-0.1, -0.05) is 25.1 Å². The van der Waals surface area contributed by atoms with Gasteiger partial charge in [0.05, 0.1) is 7.11 Å². The Morgan fingerprint density at radius 3 is 2.63 bits per heavy atom. The summed E-state index contributed by atoms with van der Waals surface area (Å²) in [4.78, 5) is 2.47. The van der Waals surface area contributed by atoms with Gasteiger partial charge in [-0.25, -0.2) is 0 Å². The van der Waals surface area contributed by atoms with Crippen molar-refractivity contribution in [1.29, 1.82) is 0 Å². The minimum absolute atomic E-state index is 0.0563. The van der Waals surface area contributed by atoms with E-state index in [9.17, 15) is 0 Å². The molecule has 2 rings (SSSR count). The molecule has 3 nitrogen and oxygen atoms in total. The van der Waals surface area contributed by atoms with Crippen molar-refractivity contribution in [1.82, 2.24) is 10.2 Å². The number of rotatable bonds is 6. The van der Waals surface area contributed by atoms with Crippen LogP contribution in [0.1, 0.15) is 26.3 Å². The summed E-state index contributed by atoms with van der Waals surface area (Å²) in [7, 11) is 1.74. The van der Waals surface area contributed by atoms with Crippen molar-refractivity contribution in [2.24, 2.45) is 5.92 Å². The molecule has 1 aromatic rings. The quantitative estimate of drug-likeness (QED) is 0.852. The third-order valence-electron chi connectivity index (χ3n) is 4.09. The molecule has 19 heavy (non-hydrogen) atoms. The van der Waals surface area contributed by atoms with Crippen LogP contribution in [0.5, 0.6) is 5.75 Å². The fraction of sp³-hybridized carbons (Fsp3) is 0.625. The first-order valence-corrected chi connectivity index (χ1v) is 7.17. The zero-order chi connectivity index (χ0) is 13.9. The molecule has 1 aliphatic rings. The van der Waals surface area contributed by atoms with Gasteiger partial charge in [0.1, 0.15) is 5.75 Å². The molecule has 0 atom stereocenters. The number of nitrogens with zero attached hydrogens (tertiary/aromatic N) is 1. The van der Waals surface area contributed by atoms with Crippen molar-refractivity contribution >= 4 is 0 Å². The van der Waals surface area contributed by atoms with Crippen LogP contribution in [0, 0.1) is 5.92 Å². The highest BCUT2D eigenvalue weighted by Crippen LogP contribution is 2.29. The van der Waals surface area contributed by atoms with Gasteiger partial charge in [0.2, 0.25) is 0 Å². The topological polar surface area (TPSA) is 24.5 Å². The molecule has 0 aromatic heterocycles. The minimum atomic E-state index is -0.0563. The van der Waals surface area contributed by atoms with Crippen molar-refractivity contribution in [2.45, 2.75) is 26.3 Å². The van der Waals surface area contributed by atoms with Crippen LogP contribution < -0.4 is 10.1 Å². The van der Waals surface area contributed by atoms with Gasteiger partial charge < -0.3 is 15.0 Å². The van der Waals surface area contributed by atoms with E-state index in [1.165, 1.54) is 25.2 Å². The Kier molecular flexibility index (Phi) is 4.48. The molecule has 0 bridgehead atoms. The van der Waals surface area contributed by atoms with Gasteiger partial charge in [0.25, 0.3) is 0 Å². The predicted octanol–water partition coefficient (Wildman–Crippen LogP) is 2.47. The highest BCUT2D eigenvalue weighted by atomic mass is 16.5. The highest BCUT2D eigenvalue weighted by molar-refractivity contribution is 5.38. The van der Waals surface area contributed by atoms with E-state index >= 15 is 0 Å². The molecule has 1 heterocycles. The third kappa shape index (κ3) is 3.28. The van der Waals surface area contributed by atoms with Gasteiger partial charge >= 0.3 is 0 Å². The number of methoxy groups -OCH3 is 1. The number of nitrogens with one attached hydrogen (secondary N) is 1. The Morgan fingerprint density at radius 2 is 2.00 bits per heavy atom. The standard InChI is InChI=1S/C16H26N2O/c1-5-18-11-13(12-18)10-17-16(2,3)14-8-6-7-9-15(14)19-4/h6-9,13,17H,5,10-12H2,1-4H3. The maximum atomic E-state index is 5.47. The molecule has 1 N–H and O–H groups in total. The van der Waals surface area contributed by atoms with Crippen LogP contribution in [0.3, 0.4) is 0 Å². The summed E-state index contributed by atoms with van der Waals surface area (Å²) in [6, 6.07) is 8.26. The van der Waals surface area contributed by atoms with E-state index < -0.39 is 0 Å². The molecule has 1 fully saturated rings. The van der Waals surface area contributed by atoms with E-state index in [-0.39, 0.29) is 5.54 Å². The zero-order valence-corrected chi connectivity index (χ0v) is 12.6. The molecule has 0 saturated carbocycles. The lowest BCUT2D eigenvalue weighted by Crippen LogP contribution is -2.52. The molecule has 1 saturated heterocycles. The first-order valence-electron chi connectivity index (χ1n) is 7.17. The van der Waals surface area contributed by atoms with Crippen LogP contribution in [-0.2, 0) is 5.54 Å². The van der Waals surface area contributed by atoms with Crippen LogP contribution in [-0.4, -0.2) is 38.2 Å². The highest BCUT2D eigenvalue weighted by Gasteiger charge is 2.29. The number of hydrogen-bond acceptors (Lipinski definition) is 3. The van der Waals surface area contributed by atoms with Crippen LogP contribution in [0.25, 0.3) is 0 Å². The number of ether oxygens (including phenoxy) is 1. The summed E-state index contributed by atoms with van der Waals surface area (Å²) in [5.74, 6) is 1.75. The Hall–Kier alpha value is -1.06. The fourth-order valence-electron chi connectivity index (χ4n) is 2.72. The van der Waals surface area contributed by atoms with Gasteiger partial charge in [-0.2, -0.15) is 0 Å². The summed E-state index contributed by atoms with van der Waals surface area (Å²) in [5.41, 5.74) is 1.17. The molecule has 3 heteroatoms. The van der Waals surface area contributed by atoms with Gasteiger partial charge in [-0.15, -0.1) is 0 Å². The van der Waals surface area contributed by atoms with E-state index in [1.54, 1.807) is 7.11 Å². The minimum Gasteiger partial charge on any atom is -0.496 e. The molecular formula is C16H26N2O. The van der Waals surface area contributed by atoms with Crippen molar-refractivity contribution < 1.29 is 4.74 Å². The number of para-hydroxylation sites is 1. The van der Waals surface area contributed by atoms with Gasteiger partial charge in [-0.05, 0) is 32.4 Å². The lowest BCUT2D eigenvalue weighted by molar-refractivity contribution is 0.0999. The van der Waals surface area contributed by atoms with E-state index in [1.807, 2.05) is 12.1 Å². The average molecular weight is 262 g/mol. The number of likely N-dealkylation sites (tertiary alicyclic amines) is 1. The molecule has 106 valence electrons. The first-order chi connectivity index (χ1) is 9.06. The van der Waals surface area contributed by atoms with E-state index in [2.05, 4.69) is 43.1 Å². The second-order valence-electron chi connectivity index (χ2n) is 5.92. The largest absolute Gasteiger partial charge is 0.496 e. The van der Waals surface area contributed by atoms with Crippen molar-refractivity contribution in [3.05, 3.63) is 29.8 Å². The molecule has 1 aromatic carbocycles. The molecule has 0 aliphatic carbocycles. The molecule has 0 amide bonds. The molecular weight excluding hydrogens is 236 g/mol. The summed E-state index contributed by atoms with van der Waals surface area (Å²) in [6.45, 7) is 11.4. The van der Waals surface area contributed by atoms with Crippen LogP contribution in [0.15, 0.2) is 24.3 Å². The van der Waals surface area contributed by atoms with Gasteiger partial charge in [0, 0.05) is 30.7 Å². The zero-order valence-electron chi connectivity index (χ0n) is 12.6. The van der Waals surface area contributed by atoms with Gasteiger partial charge in [0.15, 0.2) is 0 Å². The third-order valence-corrected chi connectivity index (χ3v) is 4.09. The molecule has 0 radical (unpaired) electrons. The lowest BCUT2D eigenvalue weighted by Gasteiger charge is -2.40. The molecule has 0 spiro atoms. The predicted molar refractivity (Wildman–Crippen MR) is 79.6 cm³/mol. The lowest BCUT2D eigenvalue weighted by atomic mass is 9.91. The van der Waals surface area contributed by atoms with Crippen molar-refractivity contribution in [3.63, 3.8) is 0 Å². The second kappa shape index (κ2) is 5.93. The van der Waals surface area contributed by atoms with Crippen LogP contribution in [0.4, 0.5) is 0 Å². The number of benzene rings is 1. The smallest absolute Gasteiger partial charge is 0.123 e. The summed E-state index contributed by atoms with van der Waals surface area (Å²) >= 11 is 0. The van der Waals surface area contributed by atoms with E-state index in [0.717, 1.165) is 18.2 Å². The maximum Gasteiger partial charge on any atom is 0.123 e. The van der Waals surface area contributed by atoms with Crippen molar-refractivity contribution in [3.8, 4) is 5.75 Å². The Bertz CT molecular complexity index is 411. The van der Waals surface area contributed by atoms with Gasteiger partial charge in [-0.3, -0.25) is 0 Å². The second-order valence-corrected chi connectivity index (χ2v) is 5.92. The summed E-state index contributed by atoms with van der Waals surface area (Å²) < 4.78 is 5.47. The average Bonchev–Trinajstić information content (AvgIpc) is 2.37. The first kappa shape index (κ1) is 14.4. The molecule has 1 aliphatic heterocycles. The fourth-order valence-corrected chi connectivity index (χ4v) is 2.72. The maximum absolute atomic E-state index is 5.47. The Labute approximate surface area is 116 Å². The van der Waals surface area contributed by atoms with Crippen molar-refractivity contribution in [2.75, 3.05) is 33.3 Å². The monoisotopic (exact) mass is 262 g/mol. The summed E-state index contributed by atoms with van der Waals surface area (Å²) in [6.07, 6.45) is 0. The van der Waals surface area contributed by atoms with Crippen LogP contribution >= 0.6 is 0 Å². The Balaban J connectivity index is 1.94. The SMILES string of the molecule is CCN1CC(CNC(C)(C)c2ccccc2OC)C1. The summed E-state index contributed by atoms with van der Waals surface area (Å²) in [5, 5.41) is 3.69. The van der Waals surface area contributed by atoms with E-state index in [0.29, 0.717) is 0 Å². The Morgan fingerprint density at radius 1 is 1.32 bits per heavy atom. The van der Waals surface area contributed by atoms with E-state index in [4.69, 9.17) is 4.74 Å². The number of hydrogen-bond donors (Lipinski definition) is 1. The van der Waals surface area contributed by atoms with Crippen LogP contribution in [0.2, 0.25) is 0 Å². The normalized spacial score (nSPS) is 17.3.